The SMILES string of the molecule is Cn1cc(-c2cc(Oc3ccc4c(c3)C(=O)N(Cc3cccc(C(F)(F)F)c3)CCO4)ccn2)cn1. The number of hydrogen-bond acceptors (Lipinski definition) is 5. The van der Waals surface area contributed by atoms with Crippen LogP contribution in [0.25, 0.3) is 11.3 Å². The normalized spacial score (nSPS) is 13.7. The quantitative estimate of drug-likeness (QED) is 0.375. The van der Waals surface area contributed by atoms with Crippen molar-refractivity contribution in [3.05, 3.63) is 89.9 Å². The van der Waals surface area contributed by atoms with Crippen LogP contribution in [0.15, 0.2) is 73.2 Å². The Morgan fingerprint density at radius 1 is 1.08 bits per heavy atom. The highest BCUT2D eigenvalue weighted by atomic mass is 19.4. The Balaban J connectivity index is 1.37. The number of alkyl halides is 3. The number of halogens is 3. The first kappa shape index (κ1) is 23.4. The Morgan fingerprint density at radius 2 is 1.92 bits per heavy atom. The maximum atomic E-state index is 13.3. The van der Waals surface area contributed by atoms with E-state index in [0.29, 0.717) is 28.5 Å². The predicted molar refractivity (Wildman–Crippen MR) is 125 cm³/mol. The number of pyridine rings is 1. The molecule has 10 heteroatoms. The molecule has 5 rings (SSSR count). The smallest absolute Gasteiger partial charge is 0.416 e. The summed E-state index contributed by atoms with van der Waals surface area (Å²) in [4.78, 5) is 19.1. The number of hydrogen-bond donors (Lipinski definition) is 0. The van der Waals surface area contributed by atoms with Crippen molar-refractivity contribution < 1.29 is 27.4 Å². The summed E-state index contributed by atoms with van der Waals surface area (Å²) in [6.45, 7) is 0.477. The van der Waals surface area contributed by atoms with E-state index in [1.807, 2.05) is 13.2 Å². The molecule has 0 aliphatic carbocycles. The van der Waals surface area contributed by atoms with Crippen molar-refractivity contribution in [1.29, 1.82) is 0 Å². The summed E-state index contributed by atoms with van der Waals surface area (Å²) < 4.78 is 52.7. The molecule has 1 aliphatic heterocycles. The molecule has 0 N–H and O–H groups in total. The summed E-state index contributed by atoms with van der Waals surface area (Å²) in [6.07, 6.45) is 0.698. The predicted octanol–water partition coefficient (Wildman–Crippen LogP) is 5.33. The number of aryl methyl sites for hydroxylation is 1. The molecule has 7 nitrogen and oxygen atoms in total. The highest BCUT2D eigenvalue weighted by Crippen LogP contribution is 2.33. The highest BCUT2D eigenvalue weighted by molar-refractivity contribution is 5.97. The fourth-order valence-electron chi connectivity index (χ4n) is 3.94. The lowest BCUT2D eigenvalue weighted by Gasteiger charge is -2.21. The van der Waals surface area contributed by atoms with Gasteiger partial charge in [-0.05, 0) is 42.0 Å². The van der Waals surface area contributed by atoms with Crippen LogP contribution in [0.2, 0.25) is 0 Å². The summed E-state index contributed by atoms with van der Waals surface area (Å²) in [7, 11) is 1.81. The summed E-state index contributed by atoms with van der Waals surface area (Å²) in [5.41, 5.74) is 1.42. The van der Waals surface area contributed by atoms with Crippen molar-refractivity contribution in [1.82, 2.24) is 19.7 Å². The maximum absolute atomic E-state index is 13.3. The Morgan fingerprint density at radius 3 is 2.69 bits per heavy atom. The fourth-order valence-corrected chi connectivity index (χ4v) is 3.94. The number of fused-ring (bicyclic) bond motifs is 1. The standard InChI is InChI=1S/C26H21F3N4O3/c1-32-16-18(14-31-32)23-13-21(7-8-30-23)36-20-5-6-24-22(12-20)25(34)33(9-10-35-24)15-17-3-2-4-19(11-17)26(27,28)29/h2-8,11-14,16H,9-10,15H2,1H3. The third-order valence-corrected chi connectivity index (χ3v) is 5.68. The Hall–Kier alpha value is -4.34. The number of carbonyl (C=O) groups excluding carboxylic acids is 1. The minimum Gasteiger partial charge on any atom is -0.491 e. The molecule has 0 radical (unpaired) electrons. The first-order valence-electron chi connectivity index (χ1n) is 11.1. The molecule has 0 saturated carbocycles. The summed E-state index contributed by atoms with van der Waals surface area (Å²) in [6, 6.07) is 13.4. The number of carbonyl (C=O) groups is 1. The zero-order valence-corrected chi connectivity index (χ0v) is 19.2. The molecule has 1 aliphatic rings. The Kier molecular flexibility index (Phi) is 6.09. The average Bonchev–Trinajstić information content (AvgIpc) is 3.23. The van der Waals surface area contributed by atoms with Crippen LogP contribution in [0.4, 0.5) is 13.2 Å². The van der Waals surface area contributed by atoms with E-state index in [1.54, 1.807) is 53.5 Å². The van der Waals surface area contributed by atoms with Gasteiger partial charge in [0.1, 0.15) is 23.9 Å². The second-order valence-corrected chi connectivity index (χ2v) is 8.31. The van der Waals surface area contributed by atoms with E-state index in [4.69, 9.17) is 9.47 Å². The van der Waals surface area contributed by atoms with Crippen molar-refractivity contribution in [2.45, 2.75) is 12.7 Å². The van der Waals surface area contributed by atoms with Gasteiger partial charge in [-0.1, -0.05) is 12.1 Å². The van der Waals surface area contributed by atoms with Gasteiger partial charge in [0, 0.05) is 37.6 Å². The van der Waals surface area contributed by atoms with E-state index >= 15 is 0 Å². The highest BCUT2D eigenvalue weighted by Gasteiger charge is 2.31. The van der Waals surface area contributed by atoms with Crippen molar-refractivity contribution in [2.24, 2.45) is 7.05 Å². The maximum Gasteiger partial charge on any atom is 0.416 e. The van der Waals surface area contributed by atoms with E-state index < -0.39 is 11.7 Å². The van der Waals surface area contributed by atoms with Crippen LogP contribution in [0.5, 0.6) is 17.2 Å². The van der Waals surface area contributed by atoms with Gasteiger partial charge < -0.3 is 14.4 Å². The summed E-state index contributed by atoms with van der Waals surface area (Å²) >= 11 is 0. The molecule has 0 spiro atoms. The van der Waals surface area contributed by atoms with Gasteiger partial charge in [-0.15, -0.1) is 0 Å². The molecule has 2 aromatic carbocycles. The van der Waals surface area contributed by atoms with Crippen LogP contribution in [-0.2, 0) is 19.8 Å². The summed E-state index contributed by atoms with van der Waals surface area (Å²) in [5, 5.41) is 4.15. The van der Waals surface area contributed by atoms with E-state index in [9.17, 15) is 18.0 Å². The van der Waals surface area contributed by atoms with Gasteiger partial charge in [0.25, 0.3) is 5.91 Å². The van der Waals surface area contributed by atoms with Gasteiger partial charge in [0.2, 0.25) is 0 Å². The van der Waals surface area contributed by atoms with Crippen LogP contribution in [-0.4, -0.2) is 38.7 Å². The van der Waals surface area contributed by atoms with E-state index in [1.165, 1.54) is 11.0 Å². The second kappa shape index (κ2) is 9.37. The first-order chi connectivity index (χ1) is 17.3. The van der Waals surface area contributed by atoms with Crippen LogP contribution in [0.3, 0.4) is 0 Å². The number of aromatic nitrogens is 3. The van der Waals surface area contributed by atoms with Gasteiger partial charge in [-0.2, -0.15) is 18.3 Å². The minimum absolute atomic E-state index is 0.0233. The lowest BCUT2D eigenvalue weighted by atomic mass is 10.1. The molecule has 0 saturated heterocycles. The zero-order chi connectivity index (χ0) is 25.3. The molecule has 0 bridgehead atoms. The zero-order valence-electron chi connectivity index (χ0n) is 19.2. The topological polar surface area (TPSA) is 69.5 Å². The van der Waals surface area contributed by atoms with Gasteiger partial charge in [-0.25, -0.2) is 0 Å². The molecular weight excluding hydrogens is 473 g/mol. The number of amides is 1. The summed E-state index contributed by atoms with van der Waals surface area (Å²) in [5.74, 6) is 0.974. The van der Waals surface area contributed by atoms with Gasteiger partial charge >= 0.3 is 6.18 Å². The fraction of sp³-hybridized carbons (Fsp3) is 0.192. The minimum atomic E-state index is -4.45. The molecule has 1 amide bonds. The van der Waals surface area contributed by atoms with Gasteiger partial charge in [0.15, 0.2) is 0 Å². The molecule has 4 aromatic rings. The Labute approximate surface area is 204 Å². The third-order valence-electron chi connectivity index (χ3n) is 5.68. The monoisotopic (exact) mass is 494 g/mol. The van der Waals surface area contributed by atoms with Crippen molar-refractivity contribution in [2.75, 3.05) is 13.2 Å². The van der Waals surface area contributed by atoms with Crippen molar-refractivity contribution >= 4 is 5.91 Å². The molecule has 36 heavy (non-hydrogen) atoms. The van der Waals surface area contributed by atoms with E-state index in [-0.39, 0.29) is 31.2 Å². The van der Waals surface area contributed by atoms with Crippen LogP contribution in [0, 0.1) is 0 Å². The second-order valence-electron chi connectivity index (χ2n) is 8.31. The number of rotatable bonds is 5. The molecule has 0 fully saturated rings. The molecule has 2 aromatic heterocycles. The van der Waals surface area contributed by atoms with Gasteiger partial charge in [-0.3, -0.25) is 14.5 Å². The lowest BCUT2D eigenvalue weighted by Crippen LogP contribution is -2.32. The molecular formula is C26H21F3N4O3. The van der Waals surface area contributed by atoms with Crippen LogP contribution >= 0.6 is 0 Å². The number of ether oxygens (including phenoxy) is 2. The van der Waals surface area contributed by atoms with E-state index in [0.717, 1.165) is 17.7 Å². The molecule has 3 heterocycles. The van der Waals surface area contributed by atoms with Gasteiger partial charge in [0.05, 0.1) is 29.6 Å². The van der Waals surface area contributed by atoms with E-state index in [2.05, 4.69) is 10.1 Å². The molecule has 0 unspecified atom stereocenters. The van der Waals surface area contributed by atoms with Crippen molar-refractivity contribution in [3.8, 4) is 28.5 Å². The lowest BCUT2D eigenvalue weighted by molar-refractivity contribution is -0.137. The van der Waals surface area contributed by atoms with Crippen LogP contribution < -0.4 is 9.47 Å². The van der Waals surface area contributed by atoms with Crippen molar-refractivity contribution in [3.63, 3.8) is 0 Å². The number of nitrogens with zero attached hydrogens (tertiary/aromatic N) is 4. The first-order valence-corrected chi connectivity index (χ1v) is 11.1. The molecule has 0 atom stereocenters. The average molecular weight is 494 g/mol. The largest absolute Gasteiger partial charge is 0.491 e. The third kappa shape index (κ3) is 5.02. The molecule has 184 valence electrons. The van der Waals surface area contributed by atoms with Crippen LogP contribution in [0.1, 0.15) is 21.5 Å². The Bertz CT molecular complexity index is 1420. The number of benzene rings is 2.